The molecule has 1 aromatic heterocycles. The highest BCUT2D eigenvalue weighted by atomic mass is 16.5. The van der Waals surface area contributed by atoms with Gasteiger partial charge in [0.2, 0.25) is 11.2 Å². The molecule has 0 aliphatic heterocycles. The van der Waals surface area contributed by atoms with Gasteiger partial charge in [0, 0.05) is 18.7 Å². The van der Waals surface area contributed by atoms with Crippen molar-refractivity contribution in [3.05, 3.63) is 100 Å². The van der Waals surface area contributed by atoms with Crippen molar-refractivity contribution in [2.24, 2.45) is 0 Å². The number of benzene rings is 2. The van der Waals surface area contributed by atoms with E-state index in [1.54, 1.807) is 0 Å². The lowest BCUT2D eigenvalue weighted by atomic mass is 10.1. The van der Waals surface area contributed by atoms with Crippen molar-refractivity contribution in [3.63, 3.8) is 0 Å². The summed E-state index contributed by atoms with van der Waals surface area (Å²) in [6.07, 6.45) is 1.98. The van der Waals surface area contributed by atoms with Gasteiger partial charge in [-0.05, 0) is 31.6 Å². The van der Waals surface area contributed by atoms with Crippen LogP contribution in [0.25, 0.3) is 0 Å². The summed E-state index contributed by atoms with van der Waals surface area (Å²) in [5.41, 5.74) is 1.74. The van der Waals surface area contributed by atoms with Gasteiger partial charge in [-0.25, -0.2) is 0 Å². The number of rotatable bonds is 9. The molecule has 0 unspecified atom stereocenters. The lowest BCUT2D eigenvalue weighted by molar-refractivity contribution is 0.0910. The van der Waals surface area contributed by atoms with Crippen LogP contribution in [-0.2, 0) is 13.0 Å². The van der Waals surface area contributed by atoms with Gasteiger partial charge in [0.25, 0.3) is 5.91 Å². The van der Waals surface area contributed by atoms with Crippen molar-refractivity contribution in [2.45, 2.75) is 19.1 Å². The van der Waals surface area contributed by atoms with Crippen LogP contribution in [-0.4, -0.2) is 37.5 Å². The Morgan fingerprint density at radius 3 is 2.27 bits per heavy atom. The molecule has 0 aliphatic rings. The number of likely N-dealkylation sites (N-methyl/N-ethyl adjacent to an activating group) is 1. The van der Waals surface area contributed by atoms with Crippen LogP contribution >= 0.6 is 0 Å². The second-order valence-corrected chi connectivity index (χ2v) is 7.26. The zero-order chi connectivity index (χ0) is 21.3. The van der Waals surface area contributed by atoms with E-state index >= 15 is 0 Å². The molecule has 0 bridgehead atoms. The van der Waals surface area contributed by atoms with Gasteiger partial charge in [-0.3, -0.25) is 9.59 Å². The Morgan fingerprint density at radius 2 is 1.67 bits per heavy atom. The van der Waals surface area contributed by atoms with Gasteiger partial charge in [-0.15, -0.1) is 0 Å². The van der Waals surface area contributed by atoms with Crippen LogP contribution in [0.2, 0.25) is 0 Å². The van der Waals surface area contributed by atoms with E-state index in [9.17, 15) is 9.59 Å². The Morgan fingerprint density at radius 1 is 1.03 bits per heavy atom. The molecule has 0 fully saturated rings. The lowest BCUT2D eigenvalue weighted by Crippen LogP contribution is -2.41. The van der Waals surface area contributed by atoms with Crippen molar-refractivity contribution >= 4 is 5.91 Å². The monoisotopic (exact) mass is 406 g/mol. The summed E-state index contributed by atoms with van der Waals surface area (Å²) in [6, 6.07) is 20.9. The first-order chi connectivity index (χ1) is 14.5. The Hall–Kier alpha value is -3.38. The molecular formula is C24H26N2O4. The van der Waals surface area contributed by atoms with Crippen molar-refractivity contribution in [1.29, 1.82) is 0 Å². The summed E-state index contributed by atoms with van der Waals surface area (Å²) in [5.74, 6) is -0.392. The first kappa shape index (κ1) is 21.3. The summed E-state index contributed by atoms with van der Waals surface area (Å²) in [5, 5.41) is 2.85. The van der Waals surface area contributed by atoms with Gasteiger partial charge in [-0.2, -0.15) is 0 Å². The molecule has 3 rings (SSSR count). The zero-order valence-electron chi connectivity index (χ0n) is 17.2. The van der Waals surface area contributed by atoms with Gasteiger partial charge in [0.1, 0.15) is 12.9 Å². The Labute approximate surface area is 176 Å². The van der Waals surface area contributed by atoms with E-state index in [-0.39, 0.29) is 24.2 Å². The van der Waals surface area contributed by atoms with Crippen LogP contribution in [0.3, 0.4) is 0 Å². The molecule has 30 heavy (non-hydrogen) atoms. The molecule has 0 aliphatic carbocycles. The fraction of sp³-hybridized carbons (Fsp3) is 0.250. The highest BCUT2D eigenvalue weighted by Gasteiger charge is 2.17. The maximum atomic E-state index is 12.5. The molecule has 6 nitrogen and oxygen atoms in total. The fourth-order valence-corrected chi connectivity index (χ4v) is 2.98. The van der Waals surface area contributed by atoms with Crippen LogP contribution in [0, 0.1) is 0 Å². The summed E-state index contributed by atoms with van der Waals surface area (Å²) in [4.78, 5) is 26.8. The number of nitrogens with one attached hydrogen (secondary N) is 1. The fourth-order valence-electron chi connectivity index (χ4n) is 2.98. The number of hydrogen-bond acceptors (Lipinski definition) is 5. The third kappa shape index (κ3) is 6.06. The Kier molecular flexibility index (Phi) is 7.40. The van der Waals surface area contributed by atoms with Gasteiger partial charge < -0.3 is 19.4 Å². The molecule has 0 spiro atoms. The third-order valence-electron chi connectivity index (χ3n) is 4.80. The summed E-state index contributed by atoms with van der Waals surface area (Å²) < 4.78 is 10.9. The summed E-state index contributed by atoms with van der Waals surface area (Å²) in [6.45, 7) is 0.678. The quantitative estimate of drug-likeness (QED) is 0.591. The molecule has 1 N–H and O–H groups in total. The highest BCUT2D eigenvalue weighted by Crippen LogP contribution is 2.10. The minimum atomic E-state index is -0.429. The zero-order valence-corrected chi connectivity index (χ0v) is 17.2. The van der Waals surface area contributed by atoms with Gasteiger partial charge in [0.05, 0.1) is 0 Å². The van der Waals surface area contributed by atoms with Gasteiger partial charge in [-0.1, -0.05) is 60.7 Å². The van der Waals surface area contributed by atoms with Gasteiger partial charge >= 0.3 is 0 Å². The van der Waals surface area contributed by atoms with Crippen molar-refractivity contribution in [3.8, 4) is 5.75 Å². The van der Waals surface area contributed by atoms with E-state index in [4.69, 9.17) is 9.15 Å². The molecule has 156 valence electrons. The minimum Gasteiger partial charge on any atom is -0.482 e. The number of carbonyl (C=O) groups is 1. The van der Waals surface area contributed by atoms with E-state index in [1.165, 1.54) is 11.8 Å². The molecule has 0 saturated carbocycles. The smallest absolute Gasteiger partial charge is 0.287 e. The second kappa shape index (κ2) is 10.4. The molecule has 3 aromatic rings. The maximum Gasteiger partial charge on any atom is 0.287 e. The standard InChI is InChI=1S/C24H26N2O4/c1-26(2)20(13-18-9-5-3-6-10-18)15-25-24(28)22-14-21(27)23(17-30-22)29-16-19-11-7-4-8-12-19/h3-12,14,17,20H,13,15-16H2,1-2H3,(H,25,28)/t20-/m0/s1. The van der Waals surface area contributed by atoms with Crippen molar-refractivity contribution in [2.75, 3.05) is 20.6 Å². The number of carbonyl (C=O) groups excluding carboxylic acids is 1. The van der Waals surface area contributed by atoms with E-state index in [0.29, 0.717) is 6.54 Å². The van der Waals surface area contributed by atoms with E-state index in [2.05, 4.69) is 22.3 Å². The van der Waals surface area contributed by atoms with Crippen LogP contribution < -0.4 is 15.5 Å². The second-order valence-electron chi connectivity index (χ2n) is 7.26. The first-order valence-electron chi connectivity index (χ1n) is 9.81. The molecule has 1 atom stereocenters. The van der Waals surface area contributed by atoms with E-state index in [1.807, 2.05) is 62.6 Å². The minimum absolute atomic E-state index is 0.0377. The lowest BCUT2D eigenvalue weighted by Gasteiger charge is -2.24. The van der Waals surface area contributed by atoms with Crippen LogP contribution in [0.4, 0.5) is 0 Å². The average molecular weight is 406 g/mol. The number of nitrogens with zero attached hydrogens (tertiary/aromatic N) is 1. The normalized spacial score (nSPS) is 11.8. The Balaban J connectivity index is 1.58. The van der Waals surface area contributed by atoms with Crippen molar-refractivity contribution < 1.29 is 13.9 Å². The van der Waals surface area contributed by atoms with Crippen LogP contribution in [0.1, 0.15) is 21.7 Å². The predicted molar refractivity (Wildman–Crippen MR) is 116 cm³/mol. The summed E-state index contributed by atoms with van der Waals surface area (Å²) in [7, 11) is 3.94. The maximum absolute atomic E-state index is 12.5. The SMILES string of the molecule is CN(C)[C@H](CNC(=O)c1cc(=O)c(OCc2ccccc2)co1)Cc1ccccc1. The number of amides is 1. The summed E-state index contributed by atoms with van der Waals surface area (Å²) >= 11 is 0. The molecule has 0 radical (unpaired) electrons. The molecule has 0 saturated heterocycles. The van der Waals surface area contributed by atoms with E-state index < -0.39 is 11.3 Å². The van der Waals surface area contributed by atoms with Crippen LogP contribution in [0.5, 0.6) is 5.75 Å². The predicted octanol–water partition coefficient (Wildman–Crippen LogP) is 3.12. The number of hydrogen-bond donors (Lipinski definition) is 1. The topological polar surface area (TPSA) is 71.8 Å². The largest absolute Gasteiger partial charge is 0.482 e. The molecule has 1 amide bonds. The average Bonchev–Trinajstić information content (AvgIpc) is 2.76. The van der Waals surface area contributed by atoms with Crippen molar-refractivity contribution in [1.82, 2.24) is 10.2 Å². The molecule has 2 aromatic carbocycles. The highest BCUT2D eigenvalue weighted by molar-refractivity contribution is 5.91. The van der Waals surface area contributed by atoms with E-state index in [0.717, 1.165) is 18.1 Å². The molecule has 6 heteroatoms. The molecule has 1 heterocycles. The Bertz CT molecular complexity index is 1000. The number of ether oxygens (including phenoxy) is 1. The third-order valence-corrected chi connectivity index (χ3v) is 4.80. The molecular weight excluding hydrogens is 380 g/mol. The van der Waals surface area contributed by atoms with Crippen LogP contribution in [0.15, 0.2) is 82.2 Å². The first-order valence-corrected chi connectivity index (χ1v) is 9.81. The van der Waals surface area contributed by atoms with Gasteiger partial charge in [0.15, 0.2) is 5.76 Å².